The summed E-state index contributed by atoms with van der Waals surface area (Å²) in [4.78, 5) is 5.85. The number of benzene rings is 1. The number of aromatic nitrogens is 2. The Morgan fingerprint density at radius 2 is 1.86 bits per heavy atom. The molecular weight excluding hydrogens is 307 g/mol. The molecule has 2 rings (SSSR count). The van der Waals surface area contributed by atoms with Gasteiger partial charge in [-0.1, -0.05) is 30.3 Å². The highest BCUT2D eigenvalue weighted by Gasteiger charge is 2.37. The SMILES string of the molecule is O=S(=O)(c1cnc[nH]1)N(Cc1ccccc1)CC(F)(F)F. The average molecular weight is 319 g/mol. The van der Waals surface area contributed by atoms with Gasteiger partial charge in [0.25, 0.3) is 10.0 Å². The van der Waals surface area contributed by atoms with E-state index in [-0.39, 0.29) is 11.6 Å². The predicted octanol–water partition coefficient (Wildman–Crippen LogP) is 2.16. The number of H-pyrrole nitrogens is 1. The van der Waals surface area contributed by atoms with Crippen molar-refractivity contribution in [3.05, 3.63) is 48.4 Å². The van der Waals surface area contributed by atoms with Crippen molar-refractivity contribution in [1.29, 1.82) is 0 Å². The zero-order valence-electron chi connectivity index (χ0n) is 10.7. The van der Waals surface area contributed by atoms with Crippen LogP contribution in [0.4, 0.5) is 13.2 Å². The maximum atomic E-state index is 12.6. The van der Waals surface area contributed by atoms with Gasteiger partial charge in [-0.3, -0.25) is 0 Å². The normalized spacial score (nSPS) is 12.8. The number of nitrogens with one attached hydrogen (secondary N) is 1. The molecule has 2 aromatic rings. The minimum Gasteiger partial charge on any atom is -0.335 e. The molecule has 0 amide bonds. The first kappa shape index (κ1) is 15.5. The molecule has 1 N–H and O–H groups in total. The molecule has 0 atom stereocenters. The molecule has 9 heteroatoms. The quantitative estimate of drug-likeness (QED) is 0.918. The molecule has 0 radical (unpaired) electrons. The Morgan fingerprint density at radius 1 is 1.19 bits per heavy atom. The summed E-state index contributed by atoms with van der Waals surface area (Å²) in [6.07, 6.45) is -2.56. The van der Waals surface area contributed by atoms with Crippen molar-refractivity contribution < 1.29 is 21.6 Å². The van der Waals surface area contributed by atoms with Gasteiger partial charge in [0.05, 0.1) is 12.5 Å². The minimum atomic E-state index is -4.64. The van der Waals surface area contributed by atoms with Crippen LogP contribution in [0.25, 0.3) is 0 Å². The van der Waals surface area contributed by atoms with Crippen molar-refractivity contribution >= 4 is 10.0 Å². The Labute approximate surface area is 119 Å². The molecule has 0 saturated heterocycles. The van der Waals surface area contributed by atoms with E-state index < -0.39 is 22.7 Å². The number of sulfonamides is 1. The minimum absolute atomic E-state index is 0.371. The summed E-state index contributed by atoms with van der Waals surface area (Å²) < 4.78 is 62.8. The van der Waals surface area contributed by atoms with Gasteiger partial charge in [-0.15, -0.1) is 0 Å². The number of nitrogens with zero attached hydrogens (tertiary/aromatic N) is 2. The molecule has 0 unspecified atom stereocenters. The zero-order chi connectivity index (χ0) is 15.5. The molecule has 0 fully saturated rings. The molecule has 0 aliphatic rings. The molecule has 0 aliphatic heterocycles. The molecule has 21 heavy (non-hydrogen) atoms. The van der Waals surface area contributed by atoms with E-state index in [1.54, 1.807) is 30.3 Å². The number of aromatic amines is 1. The first-order chi connectivity index (χ1) is 9.79. The maximum Gasteiger partial charge on any atom is 0.402 e. The fourth-order valence-electron chi connectivity index (χ4n) is 1.74. The van der Waals surface area contributed by atoms with Gasteiger partial charge >= 0.3 is 6.18 Å². The highest BCUT2D eigenvalue weighted by atomic mass is 32.2. The lowest BCUT2D eigenvalue weighted by Crippen LogP contribution is -2.38. The fraction of sp³-hybridized carbons (Fsp3) is 0.250. The highest BCUT2D eigenvalue weighted by Crippen LogP contribution is 2.23. The number of hydrogen-bond donors (Lipinski definition) is 1. The third-order valence-corrected chi connectivity index (χ3v) is 4.37. The van der Waals surface area contributed by atoms with Gasteiger partial charge in [0.2, 0.25) is 0 Å². The van der Waals surface area contributed by atoms with Crippen molar-refractivity contribution in [2.45, 2.75) is 17.7 Å². The third kappa shape index (κ3) is 4.05. The van der Waals surface area contributed by atoms with Gasteiger partial charge in [-0.25, -0.2) is 13.4 Å². The molecule has 0 spiro atoms. The van der Waals surface area contributed by atoms with Crippen LogP contribution in [0.1, 0.15) is 5.56 Å². The Balaban J connectivity index is 2.33. The van der Waals surface area contributed by atoms with Crippen molar-refractivity contribution in [2.24, 2.45) is 0 Å². The predicted molar refractivity (Wildman–Crippen MR) is 68.7 cm³/mol. The smallest absolute Gasteiger partial charge is 0.335 e. The molecule has 5 nitrogen and oxygen atoms in total. The first-order valence-corrected chi connectivity index (χ1v) is 7.32. The molecular formula is C12H12F3N3O2S. The van der Waals surface area contributed by atoms with Gasteiger partial charge in [0.1, 0.15) is 6.54 Å². The van der Waals surface area contributed by atoms with Crippen LogP contribution in [0, 0.1) is 0 Å². The number of alkyl halides is 3. The van der Waals surface area contributed by atoms with Crippen LogP contribution >= 0.6 is 0 Å². The fourth-order valence-corrected chi connectivity index (χ4v) is 3.05. The van der Waals surface area contributed by atoms with Crippen molar-refractivity contribution in [3.63, 3.8) is 0 Å². The summed E-state index contributed by atoms with van der Waals surface area (Å²) in [6, 6.07) is 8.08. The lowest BCUT2D eigenvalue weighted by molar-refractivity contribution is -0.136. The number of halogens is 3. The zero-order valence-corrected chi connectivity index (χ0v) is 11.5. The Kier molecular flexibility index (Phi) is 4.33. The summed E-state index contributed by atoms with van der Waals surface area (Å²) >= 11 is 0. The number of imidazole rings is 1. The summed E-state index contributed by atoms with van der Waals surface area (Å²) in [5, 5.41) is -0.373. The molecule has 0 aliphatic carbocycles. The molecule has 0 saturated carbocycles. The van der Waals surface area contributed by atoms with Crippen molar-refractivity contribution in [1.82, 2.24) is 14.3 Å². The monoisotopic (exact) mass is 319 g/mol. The molecule has 114 valence electrons. The summed E-state index contributed by atoms with van der Waals surface area (Å²) in [5.41, 5.74) is 0.463. The molecule has 1 heterocycles. The average Bonchev–Trinajstić information content (AvgIpc) is 2.92. The van der Waals surface area contributed by atoms with E-state index in [0.717, 1.165) is 12.5 Å². The van der Waals surface area contributed by atoms with Crippen LogP contribution in [-0.2, 0) is 16.6 Å². The highest BCUT2D eigenvalue weighted by molar-refractivity contribution is 7.89. The third-order valence-electron chi connectivity index (χ3n) is 2.65. The van der Waals surface area contributed by atoms with Gasteiger partial charge in [-0.2, -0.15) is 17.5 Å². The van der Waals surface area contributed by atoms with Gasteiger partial charge in [0, 0.05) is 6.54 Å². The van der Waals surface area contributed by atoms with Crippen LogP contribution in [0.3, 0.4) is 0 Å². The van der Waals surface area contributed by atoms with E-state index in [2.05, 4.69) is 9.97 Å². The molecule has 1 aromatic carbocycles. The maximum absolute atomic E-state index is 12.6. The van der Waals surface area contributed by atoms with Crippen LogP contribution in [0.15, 0.2) is 47.9 Å². The standard InChI is InChI=1S/C12H12F3N3O2S/c13-12(14,15)8-18(7-10-4-2-1-3-5-10)21(19,20)11-6-16-9-17-11/h1-6,9H,7-8H2,(H,16,17). The van der Waals surface area contributed by atoms with Crippen LogP contribution in [0.2, 0.25) is 0 Å². The van der Waals surface area contributed by atoms with Crippen molar-refractivity contribution in [3.8, 4) is 0 Å². The second kappa shape index (κ2) is 5.86. The Bertz CT molecular complexity index is 670. The second-order valence-corrected chi connectivity index (χ2v) is 6.20. The van der Waals surface area contributed by atoms with Gasteiger partial charge in [-0.05, 0) is 5.56 Å². The van der Waals surface area contributed by atoms with Crippen molar-refractivity contribution in [2.75, 3.05) is 6.54 Å². The van der Waals surface area contributed by atoms with E-state index in [1.807, 2.05) is 0 Å². The van der Waals surface area contributed by atoms with Crippen LogP contribution < -0.4 is 0 Å². The summed E-state index contributed by atoms with van der Waals surface area (Å²) in [5.74, 6) is 0. The summed E-state index contributed by atoms with van der Waals surface area (Å²) in [6.45, 7) is -1.94. The molecule has 0 bridgehead atoms. The van der Waals surface area contributed by atoms with E-state index in [0.29, 0.717) is 9.87 Å². The van der Waals surface area contributed by atoms with Crippen LogP contribution in [-0.4, -0.2) is 35.4 Å². The van der Waals surface area contributed by atoms with E-state index in [1.165, 1.54) is 0 Å². The second-order valence-electron chi connectivity index (χ2n) is 4.29. The van der Waals surface area contributed by atoms with Gasteiger partial charge in [0.15, 0.2) is 5.03 Å². The Hall–Kier alpha value is -1.87. The first-order valence-electron chi connectivity index (χ1n) is 5.88. The number of rotatable bonds is 5. The Morgan fingerprint density at radius 3 is 2.38 bits per heavy atom. The van der Waals surface area contributed by atoms with Crippen LogP contribution in [0.5, 0.6) is 0 Å². The van der Waals surface area contributed by atoms with E-state index in [4.69, 9.17) is 0 Å². The van der Waals surface area contributed by atoms with E-state index >= 15 is 0 Å². The lowest BCUT2D eigenvalue weighted by Gasteiger charge is -2.22. The lowest BCUT2D eigenvalue weighted by atomic mass is 10.2. The largest absolute Gasteiger partial charge is 0.402 e. The number of hydrogen-bond acceptors (Lipinski definition) is 3. The van der Waals surface area contributed by atoms with E-state index in [9.17, 15) is 21.6 Å². The van der Waals surface area contributed by atoms with Gasteiger partial charge < -0.3 is 4.98 Å². The topological polar surface area (TPSA) is 66.1 Å². The molecule has 1 aromatic heterocycles. The summed E-state index contributed by atoms with van der Waals surface area (Å²) in [7, 11) is -4.29.